The molecular weight excluding hydrogens is 1290 g/mol. The maximum absolute atomic E-state index is 13.1. The van der Waals surface area contributed by atoms with Crippen molar-refractivity contribution in [1.82, 2.24) is 0 Å². The third kappa shape index (κ3) is 74.1. The van der Waals surface area contributed by atoms with E-state index in [0.717, 1.165) is 96.3 Å². The Hall–Kier alpha value is -1.94. The first-order valence-corrected chi connectivity index (χ1v) is 44.6. The fourth-order valence-corrected chi connectivity index (χ4v) is 14.0. The molecule has 0 amide bonds. The molecule has 0 fully saturated rings. The van der Waals surface area contributed by atoms with Crippen LogP contribution in [0.1, 0.15) is 426 Å². The molecule has 0 aromatic carbocycles. The van der Waals surface area contributed by atoms with E-state index < -0.39 is 97.5 Å². The van der Waals surface area contributed by atoms with Gasteiger partial charge in [0.1, 0.15) is 19.3 Å². The second-order valence-corrected chi connectivity index (χ2v) is 32.2. The van der Waals surface area contributed by atoms with E-state index in [2.05, 4.69) is 34.6 Å². The zero-order chi connectivity index (χ0) is 72.7. The van der Waals surface area contributed by atoms with Crippen LogP contribution in [0.15, 0.2) is 0 Å². The number of hydrogen-bond donors (Lipinski definition) is 3. The highest BCUT2D eigenvalue weighted by Gasteiger charge is 2.30. The molecule has 99 heavy (non-hydrogen) atoms. The smallest absolute Gasteiger partial charge is 0.462 e. The fraction of sp³-hybridized carbons (Fsp3) is 0.950. The third-order valence-electron chi connectivity index (χ3n) is 18.8. The minimum Gasteiger partial charge on any atom is -0.462 e. The molecule has 0 rings (SSSR count). The van der Waals surface area contributed by atoms with Gasteiger partial charge in [0.2, 0.25) is 0 Å². The molecule has 0 saturated heterocycles. The summed E-state index contributed by atoms with van der Waals surface area (Å²) in [6, 6.07) is 0. The zero-order valence-corrected chi connectivity index (χ0v) is 66.4. The number of aliphatic hydroxyl groups excluding tert-OH is 1. The standard InChI is InChI=1S/C80H156O17P2/c1-6-9-12-15-18-21-24-26-28-30-31-32-33-34-36-38-40-43-46-49-56-61-66-80(85)96-75(69-90-77(82)63-58-53-47-44-42-39-37-35-29-27-25-22-19-16-13-10-7-2)71-94-98(86,87)92-67-74(81)68-93-99(88,89)95-72-76(70-91-78(83)64-59-54-51-50-52-57-62-73(4)5)97-79(84)65-60-55-48-45-41-23-20-17-14-11-8-3/h73-76,81H,6-72H2,1-5H3,(H,86,87)(H,88,89)/t74-,75-,76-/m1/s1. The number of phosphoric acid groups is 2. The molecule has 0 heterocycles. The van der Waals surface area contributed by atoms with Gasteiger partial charge in [0.15, 0.2) is 12.2 Å². The zero-order valence-electron chi connectivity index (χ0n) is 64.6. The van der Waals surface area contributed by atoms with Crippen molar-refractivity contribution >= 4 is 39.5 Å². The molecule has 0 aliphatic rings. The molecule has 0 radical (unpaired) electrons. The molecule has 0 spiro atoms. The molecular formula is C80H156O17P2. The molecule has 3 N–H and O–H groups in total. The van der Waals surface area contributed by atoms with Crippen LogP contribution < -0.4 is 0 Å². The molecule has 0 aromatic rings. The molecule has 2 unspecified atom stereocenters. The third-order valence-corrected chi connectivity index (χ3v) is 20.7. The SMILES string of the molecule is CCCCCCCCCCCCCCCCCCCCCCCCC(=O)O[C@H](COC(=O)CCCCCCCCCCCCCCCCCCC)COP(=O)(O)OC[C@@H](O)COP(=O)(O)OC[C@@H](COC(=O)CCCCCCCCC(C)C)OC(=O)CCCCCCCCCCCCC. The molecule has 588 valence electrons. The fourth-order valence-electron chi connectivity index (χ4n) is 12.4. The van der Waals surface area contributed by atoms with Crippen LogP contribution >= 0.6 is 15.6 Å². The predicted octanol–water partition coefficient (Wildman–Crippen LogP) is 24.0. The summed E-state index contributed by atoms with van der Waals surface area (Å²) in [6.07, 6.45) is 64.2. The number of aliphatic hydroxyl groups is 1. The second kappa shape index (κ2) is 73.0. The van der Waals surface area contributed by atoms with Gasteiger partial charge in [-0.25, -0.2) is 9.13 Å². The van der Waals surface area contributed by atoms with Crippen LogP contribution in [0, 0.1) is 5.92 Å². The lowest BCUT2D eigenvalue weighted by Gasteiger charge is -2.21. The van der Waals surface area contributed by atoms with Crippen molar-refractivity contribution in [3.8, 4) is 0 Å². The lowest BCUT2D eigenvalue weighted by molar-refractivity contribution is -0.161. The predicted molar refractivity (Wildman–Crippen MR) is 405 cm³/mol. The van der Waals surface area contributed by atoms with E-state index in [4.69, 9.17) is 37.0 Å². The van der Waals surface area contributed by atoms with Crippen molar-refractivity contribution < 1.29 is 80.2 Å². The molecule has 0 saturated carbocycles. The topological polar surface area (TPSA) is 237 Å². The Labute approximate surface area is 607 Å². The number of rotatable bonds is 80. The van der Waals surface area contributed by atoms with Crippen LogP contribution in [-0.4, -0.2) is 96.7 Å². The quantitative estimate of drug-likeness (QED) is 0.0222. The Morgan fingerprint density at radius 2 is 0.465 bits per heavy atom. The van der Waals surface area contributed by atoms with Crippen molar-refractivity contribution in [2.45, 2.75) is 445 Å². The van der Waals surface area contributed by atoms with E-state index in [9.17, 15) is 43.2 Å². The van der Waals surface area contributed by atoms with Crippen LogP contribution in [0.25, 0.3) is 0 Å². The first-order chi connectivity index (χ1) is 48.0. The summed E-state index contributed by atoms with van der Waals surface area (Å²) in [7, 11) is -9.91. The number of ether oxygens (including phenoxy) is 4. The van der Waals surface area contributed by atoms with Gasteiger partial charge in [-0.2, -0.15) is 0 Å². The average molecular weight is 1450 g/mol. The molecule has 0 aliphatic heterocycles. The maximum atomic E-state index is 13.1. The summed E-state index contributed by atoms with van der Waals surface area (Å²) in [5.74, 6) is -1.43. The summed E-state index contributed by atoms with van der Waals surface area (Å²) in [6.45, 7) is 7.23. The summed E-state index contributed by atoms with van der Waals surface area (Å²) in [4.78, 5) is 72.9. The van der Waals surface area contributed by atoms with E-state index >= 15 is 0 Å². The first kappa shape index (κ1) is 97.1. The lowest BCUT2D eigenvalue weighted by atomic mass is 10.0. The summed E-state index contributed by atoms with van der Waals surface area (Å²) < 4.78 is 68.6. The Morgan fingerprint density at radius 3 is 0.687 bits per heavy atom. The van der Waals surface area contributed by atoms with Gasteiger partial charge in [-0.3, -0.25) is 37.3 Å². The largest absolute Gasteiger partial charge is 0.472 e. The normalized spacial score (nSPS) is 13.9. The Kier molecular flexibility index (Phi) is 71.6. The minimum atomic E-state index is -4.96. The highest BCUT2D eigenvalue weighted by atomic mass is 31.2. The molecule has 0 aromatic heterocycles. The van der Waals surface area contributed by atoms with E-state index in [0.29, 0.717) is 31.6 Å². The van der Waals surface area contributed by atoms with E-state index in [-0.39, 0.29) is 25.7 Å². The van der Waals surface area contributed by atoms with E-state index in [1.54, 1.807) is 0 Å². The Bertz CT molecular complexity index is 1890. The van der Waals surface area contributed by atoms with Crippen LogP contribution in [0.5, 0.6) is 0 Å². The first-order valence-electron chi connectivity index (χ1n) is 41.6. The van der Waals surface area contributed by atoms with Crippen molar-refractivity contribution in [2.75, 3.05) is 39.6 Å². The molecule has 0 aliphatic carbocycles. The van der Waals surface area contributed by atoms with Gasteiger partial charge in [-0.1, -0.05) is 375 Å². The van der Waals surface area contributed by atoms with Gasteiger partial charge in [0, 0.05) is 25.7 Å². The number of unbranched alkanes of at least 4 members (excludes halogenated alkanes) is 52. The van der Waals surface area contributed by atoms with Gasteiger partial charge in [0.05, 0.1) is 26.4 Å². The van der Waals surface area contributed by atoms with Crippen molar-refractivity contribution in [2.24, 2.45) is 5.92 Å². The number of esters is 4. The van der Waals surface area contributed by atoms with Crippen molar-refractivity contribution in [3.05, 3.63) is 0 Å². The van der Waals surface area contributed by atoms with Crippen LogP contribution in [-0.2, 0) is 65.4 Å². The summed E-state index contributed by atoms with van der Waals surface area (Å²) in [5, 5.41) is 10.6. The lowest BCUT2D eigenvalue weighted by Crippen LogP contribution is -2.30. The minimum absolute atomic E-state index is 0.106. The van der Waals surface area contributed by atoms with Crippen molar-refractivity contribution in [3.63, 3.8) is 0 Å². The number of phosphoric ester groups is 2. The highest BCUT2D eigenvalue weighted by molar-refractivity contribution is 7.47. The van der Waals surface area contributed by atoms with Crippen LogP contribution in [0.3, 0.4) is 0 Å². The van der Waals surface area contributed by atoms with Gasteiger partial charge in [-0.05, 0) is 31.6 Å². The van der Waals surface area contributed by atoms with Gasteiger partial charge in [0.25, 0.3) is 0 Å². The highest BCUT2D eigenvalue weighted by Crippen LogP contribution is 2.45. The van der Waals surface area contributed by atoms with Crippen molar-refractivity contribution in [1.29, 1.82) is 0 Å². The Balaban J connectivity index is 5.18. The van der Waals surface area contributed by atoms with Gasteiger partial charge in [-0.15, -0.1) is 0 Å². The Morgan fingerprint density at radius 1 is 0.273 bits per heavy atom. The average Bonchev–Trinajstić information content (AvgIpc) is 0.976. The summed E-state index contributed by atoms with van der Waals surface area (Å²) >= 11 is 0. The summed E-state index contributed by atoms with van der Waals surface area (Å²) in [5.41, 5.74) is 0. The maximum Gasteiger partial charge on any atom is 0.472 e. The van der Waals surface area contributed by atoms with Crippen LogP contribution in [0.2, 0.25) is 0 Å². The van der Waals surface area contributed by atoms with E-state index in [1.165, 1.54) is 244 Å². The monoisotopic (exact) mass is 1450 g/mol. The number of hydrogen-bond acceptors (Lipinski definition) is 15. The number of carbonyl (C=O) groups is 4. The second-order valence-electron chi connectivity index (χ2n) is 29.3. The van der Waals surface area contributed by atoms with Gasteiger partial charge >= 0.3 is 39.5 Å². The molecule has 17 nitrogen and oxygen atoms in total. The number of carbonyl (C=O) groups excluding carboxylic acids is 4. The molecule has 5 atom stereocenters. The van der Waals surface area contributed by atoms with Crippen LogP contribution in [0.4, 0.5) is 0 Å². The van der Waals surface area contributed by atoms with Gasteiger partial charge < -0.3 is 33.8 Å². The van der Waals surface area contributed by atoms with E-state index in [1.807, 2.05) is 0 Å². The molecule has 0 bridgehead atoms. The molecule has 19 heteroatoms.